The van der Waals surface area contributed by atoms with Crippen LogP contribution in [0.25, 0.3) is 0 Å². The van der Waals surface area contributed by atoms with Crippen molar-refractivity contribution in [1.82, 2.24) is 0 Å². The lowest BCUT2D eigenvalue weighted by atomic mass is 9.98. The van der Waals surface area contributed by atoms with Crippen LogP contribution < -0.4 is 4.74 Å². The minimum Gasteiger partial charge on any atom is -0.483 e. The first-order valence-corrected chi connectivity index (χ1v) is 8.84. The lowest BCUT2D eigenvalue weighted by Crippen LogP contribution is -2.59. The van der Waals surface area contributed by atoms with E-state index in [2.05, 4.69) is 6.58 Å². The summed E-state index contributed by atoms with van der Waals surface area (Å²) >= 11 is 0. The molecule has 154 valence electrons. The van der Waals surface area contributed by atoms with E-state index < -0.39 is 49.5 Å². The molecule has 0 bridgehead atoms. The molecular weight excluding hydrogens is 372 g/mol. The van der Waals surface area contributed by atoms with Crippen LogP contribution in [0.2, 0.25) is 0 Å². The lowest BCUT2D eigenvalue weighted by Gasteiger charge is -2.39. The van der Waals surface area contributed by atoms with Gasteiger partial charge in [-0.25, -0.2) is 0 Å². The highest BCUT2D eigenvalue weighted by Gasteiger charge is 2.44. The smallest absolute Gasteiger partial charge is 0.187 e. The second kappa shape index (κ2) is 8.26. The monoisotopic (exact) mass is 396 g/mol. The molecule has 1 fully saturated rings. The Labute approximate surface area is 161 Å². The summed E-state index contributed by atoms with van der Waals surface area (Å²) in [6, 6.07) is 4.76. The van der Waals surface area contributed by atoms with Crippen molar-refractivity contribution < 1.29 is 44.5 Å². The first-order chi connectivity index (χ1) is 13.2. The fraction of sp³-hybridized carbons (Fsp3) is 0.526. The molecule has 0 spiro atoms. The third kappa shape index (κ3) is 3.83. The normalized spacial score (nSPS) is 34.6. The number of carbonyl (C=O) groups is 1. The molecule has 7 atom stereocenters. The van der Waals surface area contributed by atoms with Gasteiger partial charge in [-0.15, -0.1) is 0 Å². The average molecular weight is 396 g/mol. The molecule has 5 N–H and O–H groups in total. The average Bonchev–Trinajstić information content (AvgIpc) is 3.01. The van der Waals surface area contributed by atoms with Crippen LogP contribution in [0.5, 0.6) is 5.75 Å². The van der Waals surface area contributed by atoms with E-state index >= 15 is 0 Å². The highest BCUT2D eigenvalue weighted by atomic mass is 16.7. The first-order valence-electron chi connectivity index (χ1n) is 8.84. The molecule has 0 amide bonds. The summed E-state index contributed by atoms with van der Waals surface area (Å²) in [5.74, 6) is 0.291. The summed E-state index contributed by atoms with van der Waals surface area (Å²) in [5, 5.41) is 49.3. The maximum absolute atomic E-state index is 11.5. The van der Waals surface area contributed by atoms with Crippen LogP contribution in [0, 0.1) is 0 Å². The number of aliphatic hydroxyl groups is 5. The first kappa shape index (κ1) is 20.9. The van der Waals surface area contributed by atoms with E-state index in [1.165, 1.54) is 6.92 Å². The molecule has 0 saturated carbocycles. The molecule has 0 aromatic heterocycles. The van der Waals surface area contributed by atoms with Gasteiger partial charge in [-0.05, 0) is 30.7 Å². The highest BCUT2D eigenvalue weighted by Crippen LogP contribution is 2.39. The molecular formula is C19H24O9. The summed E-state index contributed by atoms with van der Waals surface area (Å²) in [6.07, 6.45) is -8.84. The molecule has 28 heavy (non-hydrogen) atoms. The quantitative estimate of drug-likeness (QED) is 0.304. The zero-order valence-corrected chi connectivity index (χ0v) is 15.3. The molecule has 1 saturated heterocycles. The Morgan fingerprint density at radius 2 is 1.89 bits per heavy atom. The van der Waals surface area contributed by atoms with Gasteiger partial charge in [0.2, 0.25) is 0 Å². The molecule has 2 heterocycles. The Bertz CT molecular complexity index is 747. The van der Waals surface area contributed by atoms with E-state index in [-0.39, 0.29) is 12.4 Å². The Balaban J connectivity index is 1.63. The largest absolute Gasteiger partial charge is 0.483 e. The molecule has 2 aliphatic heterocycles. The Morgan fingerprint density at radius 3 is 2.54 bits per heavy atom. The van der Waals surface area contributed by atoms with E-state index in [1.807, 2.05) is 0 Å². The fourth-order valence-corrected chi connectivity index (χ4v) is 3.25. The Morgan fingerprint density at radius 1 is 1.18 bits per heavy atom. The summed E-state index contributed by atoms with van der Waals surface area (Å²) in [5.41, 5.74) is 1.25. The van der Waals surface area contributed by atoms with Gasteiger partial charge in [-0.2, -0.15) is 0 Å². The lowest BCUT2D eigenvalue weighted by molar-refractivity contribution is -0.299. The third-order valence-corrected chi connectivity index (χ3v) is 4.96. The number of carbonyl (C=O) groups excluding carboxylic acids is 1. The Kier molecular flexibility index (Phi) is 6.15. The van der Waals surface area contributed by atoms with Crippen molar-refractivity contribution in [3.05, 3.63) is 41.5 Å². The van der Waals surface area contributed by atoms with Crippen molar-refractivity contribution >= 4 is 5.78 Å². The summed E-state index contributed by atoms with van der Waals surface area (Å²) in [6.45, 7) is 4.51. The molecule has 0 aliphatic carbocycles. The molecule has 2 aliphatic rings. The molecule has 1 aromatic rings. The van der Waals surface area contributed by atoms with Gasteiger partial charge in [0.25, 0.3) is 0 Å². The van der Waals surface area contributed by atoms with Crippen LogP contribution in [-0.2, 0) is 9.47 Å². The van der Waals surface area contributed by atoms with Gasteiger partial charge in [0, 0.05) is 11.1 Å². The number of hydrogen-bond acceptors (Lipinski definition) is 9. The minimum atomic E-state index is -1.55. The van der Waals surface area contributed by atoms with Gasteiger partial charge < -0.3 is 39.7 Å². The van der Waals surface area contributed by atoms with E-state index in [9.17, 15) is 30.3 Å². The maximum Gasteiger partial charge on any atom is 0.187 e. The zero-order chi connectivity index (χ0) is 20.6. The van der Waals surface area contributed by atoms with Gasteiger partial charge in [-0.3, -0.25) is 4.79 Å². The third-order valence-electron chi connectivity index (χ3n) is 4.96. The standard InChI is InChI=1S/C19H24O9/c1-8(7-26-19-17(25)16(24)15(23)13(6-20)28-19)18-14(22)11-5-10(9(2)21)3-4-12(11)27-18/h3-5,13-20,22-25H,1,6-7H2,2H3/t13-,14?,15-,16+,17-,18?,19-/m1/s1. The van der Waals surface area contributed by atoms with Crippen molar-refractivity contribution in [1.29, 1.82) is 0 Å². The van der Waals surface area contributed by atoms with E-state index in [0.717, 1.165) is 0 Å². The summed E-state index contributed by atoms with van der Waals surface area (Å²) in [4.78, 5) is 11.5. The van der Waals surface area contributed by atoms with Crippen LogP contribution in [0.3, 0.4) is 0 Å². The molecule has 0 radical (unpaired) electrons. The van der Waals surface area contributed by atoms with Gasteiger partial charge in [0.1, 0.15) is 36.3 Å². The van der Waals surface area contributed by atoms with Gasteiger partial charge in [-0.1, -0.05) is 6.58 Å². The summed E-state index contributed by atoms with van der Waals surface area (Å²) < 4.78 is 16.4. The van der Waals surface area contributed by atoms with Crippen LogP contribution in [0.1, 0.15) is 28.9 Å². The minimum absolute atomic E-state index is 0.136. The number of ether oxygens (including phenoxy) is 3. The second-order valence-corrected chi connectivity index (χ2v) is 6.96. The van der Waals surface area contributed by atoms with Crippen molar-refractivity contribution in [3.8, 4) is 5.75 Å². The highest BCUT2D eigenvalue weighted by molar-refractivity contribution is 5.94. The number of aliphatic hydroxyl groups excluding tert-OH is 5. The van der Waals surface area contributed by atoms with Crippen molar-refractivity contribution in [2.45, 2.75) is 49.8 Å². The number of Topliss-reactive ketones (excluding diaryl/α,β-unsaturated/α-hetero) is 1. The van der Waals surface area contributed by atoms with Crippen LogP contribution in [0.4, 0.5) is 0 Å². The van der Waals surface area contributed by atoms with E-state index in [4.69, 9.17) is 14.2 Å². The van der Waals surface area contributed by atoms with Gasteiger partial charge in [0.05, 0.1) is 13.2 Å². The molecule has 2 unspecified atom stereocenters. The molecule has 3 rings (SSSR count). The molecule has 1 aromatic carbocycles. The topological polar surface area (TPSA) is 146 Å². The Hall–Kier alpha value is -1.85. The van der Waals surface area contributed by atoms with Crippen molar-refractivity contribution in [3.63, 3.8) is 0 Å². The predicted octanol–water partition coefficient (Wildman–Crippen LogP) is -0.944. The van der Waals surface area contributed by atoms with Gasteiger partial charge in [0.15, 0.2) is 18.2 Å². The van der Waals surface area contributed by atoms with Crippen molar-refractivity contribution in [2.24, 2.45) is 0 Å². The van der Waals surface area contributed by atoms with Crippen LogP contribution in [-0.4, -0.2) is 81.3 Å². The number of fused-ring (bicyclic) bond motifs is 1. The zero-order valence-electron chi connectivity index (χ0n) is 15.3. The molecule has 9 nitrogen and oxygen atoms in total. The fourth-order valence-electron chi connectivity index (χ4n) is 3.25. The maximum atomic E-state index is 11.5. The summed E-state index contributed by atoms with van der Waals surface area (Å²) in [7, 11) is 0. The number of benzene rings is 1. The SMILES string of the molecule is C=C(CO[C@@H]1O[C@H](CO)[C@@H](O)[C@H](O)[C@H]1O)C1Oc2ccc(C(C)=O)cc2C1O. The molecule has 9 heteroatoms. The number of hydrogen-bond donors (Lipinski definition) is 5. The van der Waals surface area contributed by atoms with Crippen molar-refractivity contribution in [2.75, 3.05) is 13.2 Å². The van der Waals surface area contributed by atoms with Crippen LogP contribution in [0.15, 0.2) is 30.4 Å². The number of ketones is 1. The predicted molar refractivity (Wildman–Crippen MR) is 94.7 cm³/mol. The van der Waals surface area contributed by atoms with E-state index in [0.29, 0.717) is 22.4 Å². The van der Waals surface area contributed by atoms with Gasteiger partial charge >= 0.3 is 0 Å². The van der Waals surface area contributed by atoms with Crippen LogP contribution >= 0.6 is 0 Å². The number of rotatable bonds is 6. The van der Waals surface area contributed by atoms with E-state index in [1.54, 1.807) is 18.2 Å². The second-order valence-electron chi connectivity index (χ2n) is 6.96.